The number of nitro benzene ring substituents is 1. The van der Waals surface area contributed by atoms with E-state index in [1.54, 1.807) is 25.1 Å². The summed E-state index contributed by atoms with van der Waals surface area (Å²) in [4.78, 5) is 10.8. The zero-order chi connectivity index (χ0) is 13.7. The first kappa shape index (κ1) is 13.6. The fourth-order valence-corrected chi connectivity index (χ4v) is 2.12. The van der Waals surface area contributed by atoms with E-state index in [4.69, 9.17) is 9.47 Å². The number of hydrogen-bond acceptors (Lipinski definition) is 5. The van der Waals surface area contributed by atoms with Gasteiger partial charge in [-0.05, 0) is 25.5 Å². The maximum atomic E-state index is 11.2. The maximum Gasteiger partial charge on any atom is 0.333 e. The van der Waals surface area contributed by atoms with Crippen LogP contribution < -0.4 is 10.1 Å². The van der Waals surface area contributed by atoms with E-state index >= 15 is 0 Å². The lowest BCUT2D eigenvalue weighted by atomic mass is 10.1. The van der Waals surface area contributed by atoms with Gasteiger partial charge >= 0.3 is 5.69 Å². The first-order valence-corrected chi connectivity index (χ1v) is 6.44. The molecule has 1 atom stereocenters. The number of rotatable bonds is 6. The Bertz CT molecular complexity index is 444. The topological polar surface area (TPSA) is 73.6 Å². The predicted octanol–water partition coefficient (Wildman–Crippen LogP) is 2.44. The van der Waals surface area contributed by atoms with Gasteiger partial charge in [0.15, 0.2) is 5.75 Å². The molecule has 6 heteroatoms. The van der Waals surface area contributed by atoms with Crippen LogP contribution in [0.2, 0.25) is 0 Å². The highest BCUT2D eigenvalue weighted by molar-refractivity contribution is 5.68. The van der Waals surface area contributed by atoms with Crippen molar-refractivity contribution in [1.29, 1.82) is 0 Å². The van der Waals surface area contributed by atoms with Crippen molar-refractivity contribution in [2.75, 3.05) is 31.7 Å². The molecule has 1 aromatic carbocycles. The molecule has 2 rings (SSSR count). The molecule has 1 aromatic rings. The van der Waals surface area contributed by atoms with Crippen LogP contribution in [-0.2, 0) is 4.74 Å². The lowest BCUT2D eigenvalue weighted by molar-refractivity contribution is -0.384. The van der Waals surface area contributed by atoms with Crippen molar-refractivity contribution < 1.29 is 14.4 Å². The lowest BCUT2D eigenvalue weighted by Gasteiger charge is -2.12. The van der Waals surface area contributed by atoms with Crippen molar-refractivity contribution in [1.82, 2.24) is 0 Å². The molecular formula is C13H18N2O4. The monoisotopic (exact) mass is 266 g/mol. The Morgan fingerprint density at radius 3 is 3.05 bits per heavy atom. The summed E-state index contributed by atoms with van der Waals surface area (Å²) in [6, 6.07) is 5.08. The minimum Gasteiger partial charge on any atom is -0.487 e. The highest BCUT2D eigenvalue weighted by atomic mass is 16.6. The Morgan fingerprint density at radius 2 is 2.42 bits per heavy atom. The first-order valence-electron chi connectivity index (χ1n) is 6.44. The molecule has 19 heavy (non-hydrogen) atoms. The van der Waals surface area contributed by atoms with Crippen LogP contribution in [0.5, 0.6) is 5.75 Å². The molecule has 1 heterocycles. The van der Waals surface area contributed by atoms with Crippen molar-refractivity contribution in [2.24, 2.45) is 5.92 Å². The number of benzene rings is 1. The summed E-state index contributed by atoms with van der Waals surface area (Å²) in [5.74, 6) is 0.718. The van der Waals surface area contributed by atoms with E-state index in [9.17, 15) is 10.1 Å². The molecule has 6 nitrogen and oxygen atoms in total. The summed E-state index contributed by atoms with van der Waals surface area (Å²) < 4.78 is 10.6. The highest BCUT2D eigenvalue weighted by Gasteiger charge is 2.22. The average Bonchev–Trinajstić information content (AvgIpc) is 2.89. The predicted molar refractivity (Wildman–Crippen MR) is 71.7 cm³/mol. The van der Waals surface area contributed by atoms with Crippen LogP contribution >= 0.6 is 0 Å². The normalized spacial score (nSPS) is 18.3. The van der Waals surface area contributed by atoms with Gasteiger partial charge < -0.3 is 14.8 Å². The van der Waals surface area contributed by atoms with Crippen LogP contribution in [0.15, 0.2) is 18.2 Å². The minimum absolute atomic E-state index is 0.00302. The molecule has 0 radical (unpaired) electrons. The quantitative estimate of drug-likeness (QED) is 0.632. The fraction of sp³-hybridized carbons (Fsp3) is 0.538. The Hall–Kier alpha value is -1.82. The summed E-state index contributed by atoms with van der Waals surface area (Å²) in [6.07, 6.45) is 0.992. The third-order valence-corrected chi connectivity index (χ3v) is 3.09. The average molecular weight is 266 g/mol. The summed E-state index contributed by atoms with van der Waals surface area (Å²) in [7, 11) is 0. The summed E-state index contributed by atoms with van der Waals surface area (Å²) >= 11 is 0. The molecule has 0 aromatic heterocycles. The van der Waals surface area contributed by atoms with E-state index in [-0.39, 0.29) is 5.69 Å². The smallest absolute Gasteiger partial charge is 0.333 e. The number of nitro groups is 1. The van der Waals surface area contributed by atoms with Gasteiger partial charge in [0.25, 0.3) is 0 Å². The largest absolute Gasteiger partial charge is 0.487 e. The van der Waals surface area contributed by atoms with Gasteiger partial charge in [-0.25, -0.2) is 0 Å². The van der Waals surface area contributed by atoms with Crippen molar-refractivity contribution in [3.05, 3.63) is 28.3 Å². The van der Waals surface area contributed by atoms with Gasteiger partial charge in [0, 0.05) is 19.1 Å². The summed E-state index contributed by atoms with van der Waals surface area (Å²) in [5, 5.41) is 14.3. The van der Waals surface area contributed by atoms with Crippen LogP contribution in [0.4, 0.5) is 11.4 Å². The SMILES string of the molecule is CCOc1cccc(NCC2CCOC2)c1[N+](=O)[O-]. The second kappa shape index (κ2) is 6.38. The van der Waals surface area contributed by atoms with E-state index in [1.807, 2.05) is 0 Å². The van der Waals surface area contributed by atoms with Gasteiger partial charge in [-0.15, -0.1) is 0 Å². The summed E-state index contributed by atoms with van der Waals surface area (Å²) in [6.45, 7) is 4.37. The first-order chi connectivity index (χ1) is 9.22. The third kappa shape index (κ3) is 3.35. The highest BCUT2D eigenvalue weighted by Crippen LogP contribution is 2.35. The molecule has 1 saturated heterocycles. The lowest BCUT2D eigenvalue weighted by Crippen LogP contribution is -2.15. The van der Waals surface area contributed by atoms with Gasteiger partial charge in [-0.2, -0.15) is 0 Å². The molecule has 0 spiro atoms. The number of anilines is 1. The molecule has 1 aliphatic rings. The van der Waals surface area contributed by atoms with Gasteiger partial charge in [0.1, 0.15) is 5.69 Å². The van der Waals surface area contributed by atoms with Crippen LogP contribution in [0.25, 0.3) is 0 Å². The van der Waals surface area contributed by atoms with Crippen molar-refractivity contribution in [3.63, 3.8) is 0 Å². The minimum atomic E-state index is -0.404. The Balaban J connectivity index is 2.13. The molecule has 1 unspecified atom stereocenters. The molecule has 0 saturated carbocycles. The van der Waals surface area contributed by atoms with Crippen LogP contribution in [0.3, 0.4) is 0 Å². The molecule has 1 N–H and O–H groups in total. The second-order valence-corrected chi connectivity index (χ2v) is 4.45. The van der Waals surface area contributed by atoms with Crippen LogP contribution in [0.1, 0.15) is 13.3 Å². The fourth-order valence-electron chi connectivity index (χ4n) is 2.12. The van der Waals surface area contributed by atoms with E-state index in [2.05, 4.69) is 5.32 Å². The zero-order valence-corrected chi connectivity index (χ0v) is 10.9. The molecule has 1 aliphatic heterocycles. The van der Waals surface area contributed by atoms with Crippen LogP contribution in [0, 0.1) is 16.0 Å². The Kier molecular flexibility index (Phi) is 4.57. The van der Waals surface area contributed by atoms with E-state index < -0.39 is 4.92 Å². The van der Waals surface area contributed by atoms with Gasteiger partial charge in [0.2, 0.25) is 0 Å². The molecule has 0 bridgehead atoms. The van der Waals surface area contributed by atoms with Gasteiger partial charge in [-0.1, -0.05) is 6.07 Å². The van der Waals surface area contributed by atoms with E-state index in [1.165, 1.54) is 0 Å². The molecule has 1 fully saturated rings. The number of nitrogens with one attached hydrogen (secondary N) is 1. The van der Waals surface area contributed by atoms with Gasteiger partial charge in [0.05, 0.1) is 18.1 Å². The van der Waals surface area contributed by atoms with E-state index in [0.29, 0.717) is 37.1 Å². The number of hydrogen-bond donors (Lipinski definition) is 1. The van der Waals surface area contributed by atoms with E-state index in [0.717, 1.165) is 13.0 Å². The van der Waals surface area contributed by atoms with Crippen molar-refractivity contribution >= 4 is 11.4 Å². The molecule has 0 amide bonds. The number of para-hydroxylation sites is 1. The molecule has 0 aliphatic carbocycles. The maximum absolute atomic E-state index is 11.2. The number of nitrogens with zero attached hydrogens (tertiary/aromatic N) is 1. The Labute approximate surface area is 111 Å². The molecular weight excluding hydrogens is 248 g/mol. The van der Waals surface area contributed by atoms with Crippen molar-refractivity contribution in [3.8, 4) is 5.75 Å². The Morgan fingerprint density at radius 1 is 1.58 bits per heavy atom. The number of ether oxygens (including phenoxy) is 2. The second-order valence-electron chi connectivity index (χ2n) is 4.45. The van der Waals surface area contributed by atoms with Gasteiger partial charge in [-0.3, -0.25) is 10.1 Å². The van der Waals surface area contributed by atoms with Crippen LogP contribution in [-0.4, -0.2) is 31.3 Å². The summed E-state index contributed by atoms with van der Waals surface area (Å²) in [5.41, 5.74) is 0.506. The molecule has 104 valence electrons. The standard InChI is InChI=1S/C13H18N2O4/c1-2-19-12-5-3-4-11(13(12)15(16)17)14-8-10-6-7-18-9-10/h3-5,10,14H,2,6-9H2,1H3. The zero-order valence-electron chi connectivity index (χ0n) is 10.9. The van der Waals surface area contributed by atoms with Crippen molar-refractivity contribution in [2.45, 2.75) is 13.3 Å². The third-order valence-electron chi connectivity index (χ3n) is 3.09.